The number of aromatic nitrogens is 3. The molecule has 0 amide bonds. The summed E-state index contributed by atoms with van der Waals surface area (Å²) in [4.78, 5) is 19.7. The second-order valence-electron chi connectivity index (χ2n) is 3.08. The molecular formula is C9H9N3O2S. The first kappa shape index (κ1) is 9.97. The summed E-state index contributed by atoms with van der Waals surface area (Å²) in [6, 6.07) is 0. The molecule has 6 heteroatoms. The van der Waals surface area contributed by atoms with Crippen molar-refractivity contribution >= 4 is 17.1 Å². The highest BCUT2D eigenvalue weighted by molar-refractivity contribution is 7.13. The maximum atomic E-state index is 10.8. The molecule has 0 fully saturated rings. The zero-order valence-electron chi connectivity index (χ0n) is 8.14. The third-order valence-corrected chi connectivity index (χ3v) is 2.58. The van der Waals surface area contributed by atoms with Gasteiger partial charge in [-0.2, -0.15) is 4.98 Å². The van der Waals surface area contributed by atoms with Crippen LogP contribution in [0.5, 0.6) is 0 Å². The van der Waals surface area contributed by atoms with Crippen molar-refractivity contribution in [2.45, 2.75) is 19.8 Å². The highest BCUT2D eigenvalue weighted by atomic mass is 32.1. The van der Waals surface area contributed by atoms with Crippen LogP contribution < -0.4 is 0 Å². The molecule has 2 aromatic heterocycles. The summed E-state index contributed by atoms with van der Waals surface area (Å²) in [6.45, 7) is 1.54. The molecule has 0 radical (unpaired) electrons. The number of hydrogen-bond donors (Lipinski definition) is 0. The van der Waals surface area contributed by atoms with Crippen LogP contribution in [0.3, 0.4) is 0 Å². The van der Waals surface area contributed by atoms with Crippen molar-refractivity contribution in [2.24, 2.45) is 0 Å². The van der Waals surface area contributed by atoms with Crippen LogP contribution in [0, 0.1) is 0 Å². The fraction of sp³-hybridized carbons (Fsp3) is 0.333. The van der Waals surface area contributed by atoms with E-state index in [1.54, 1.807) is 18.6 Å². The van der Waals surface area contributed by atoms with Crippen LogP contribution >= 0.6 is 11.3 Å². The van der Waals surface area contributed by atoms with E-state index in [-0.39, 0.29) is 5.78 Å². The van der Waals surface area contributed by atoms with Crippen LogP contribution in [0.1, 0.15) is 19.2 Å². The first-order chi connectivity index (χ1) is 7.25. The van der Waals surface area contributed by atoms with Crippen molar-refractivity contribution in [3.8, 4) is 10.7 Å². The number of rotatable bonds is 4. The maximum Gasteiger partial charge on any atom is 0.227 e. The van der Waals surface area contributed by atoms with Gasteiger partial charge in [0.05, 0.1) is 10.4 Å². The smallest absolute Gasteiger partial charge is 0.227 e. The molecule has 78 valence electrons. The number of carbonyl (C=O) groups is 1. The summed E-state index contributed by atoms with van der Waals surface area (Å²) in [6.07, 6.45) is 2.62. The Labute approximate surface area is 90.2 Å². The third kappa shape index (κ3) is 2.47. The lowest BCUT2D eigenvalue weighted by Gasteiger charge is -1.87. The highest BCUT2D eigenvalue weighted by Gasteiger charge is 2.09. The molecule has 0 aliphatic heterocycles. The molecule has 2 aromatic rings. The Bertz CT molecular complexity index is 450. The van der Waals surface area contributed by atoms with Gasteiger partial charge >= 0.3 is 0 Å². The zero-order chi connectivity index (χ0) is 10.7. The largest absolute Gasteiger partial charge is 0.339 e. The van der Waals surface area contributed by atoms with E-state index in [2.05, 4.69) is 15.1 Å². The van der Waals surface area contributed by atoms with Crippen LogP contribution in [0.4, 0.5) is 0 Å². The van der Waals surface area contributed by atoms with Crippen LogP contribution in [0.25, 0.3) is 10.7 Å². The van der Waals surface area contributed by atoms with Gasteiger partial charge in [-0.3, -0.25) is 4.98 Å². The van der Waals surface area contributed by atoms with Gasteiger partial charge in [-0.15, -0.1) is 11.3 Å². The number of carbonyl (C=O) groups excluding carboxylic acids is 1. The molecule has 0 N–H and O–H groups in total. The molecule has 15 heavy (non-hydrogen) atoms. The van der Waals surface area contributed by atoms with Crippen molar-refractivity contribution in [3.63, 3.8) is 0 Å². The van der Waals surface area contributed by atoms with E-state index < -0.39 is 0 Å². The Kier molecular flexibility index (Phi) is 2.86. The van der Waals surface area contributed by atoms with E-state index in [0.717, 1.165) is 4.88 Å². The van der Waals surface area contributed by atoms with E-state index >= 15 is 0 Å². The van der Waals surface area contributed by atoms with Gasteiger partial charge < -0.3 is 9.32 Å². The minimum atomic E-state index is 0.118. The van der Waals surface area contributed by atoms with Crippen LogP contribution in [0.2, 0.25) is 0 Å². The van der Waals surface area contributed by atoms with Gasteiger partial charge in [0.25, 0.3) is 0 Å². The monoisotopic (exact) mass is 223 g/mol. The maximum absolute atomic E-state index is 10.8. The fourth-order valence-corrected chi connectivity index (χ4v) is 1.61. The molecule has 0 saturated carbocycles. The second kappa shape index (κ2) is 4.31. The first-order valence-corrected chi connectivity index (χ1v) is 5.34. The Morgan fingerprint density at radius 2 is 2.47 bits per heavy atom. The van der Waals surface area contributed by atoms with Crippen molar-refractivity contribution < 1.29 is 9.32 Å². The molecular weight excluding hydrogens is 214 g/mol. The van der Waals surface area contributed by atoms with Crippen molar-refractivity contribution in [3.05, 3.63) is 17.6 Å². The Morgan fingerprint density at radius 1 is 1.60 bits per heavy atom. The standard InChI is InChI=1S/C9H9N3O2S/c1-6(13)2-3-8-11-9(12-14-8)7-4-10-5-15-7/h4-5H,2-3H2,1H3. The summed E-state index contributed by atoms with van der Waals surface area (Å²) >= 11 is 1.45. The molecule has 2 heterocycles. The lowest BCUT2D eigenvalue weighted by atomic mass is 10.2. The summed E-state index contributed by atoms with van der Waals surface area (Å²) in [5.74, 6) is 1.15. The molecule has 2 rings (SSSR count). The average molecular weight is 223 g/mol. The highest BCUT2D eigenvalue weighted by Crippen LogP contribution is 2.19. The average Bonchev–Trinajstić information content (AvgIpc) is 2.85. The van der Waals surface area contributed by atoms with Crippen molar-refractivity contribution in [2.75, 3.05) is 0 Å². The molecule has 0 bridgehead atoms. The van der Waals surface area contributed by atoms with Gasteiger partial charge in [0, 0.05) is 19.0 Å². The number of Topliss-reactive ketones (excluding diaryl/α,β-unsaturated/α-hetero) is 1. The Balaban J connectivity index is 2.08. The minimum absolute atomic E-state index is 0.118. The van der Waals surface area contributed by atoms with E-state index in [0.29, 0.717) is 24.6 Å². The molecule has 0 aliphatic carbocycles. The molecule has 0 aliphatic rings. The lowest BCUT2D eigenvalue weighted by Crippen LogP contribution is -1.93. The van der Waals surface area contributed by atoms with Gasteiger partial charge in [-0.05, 0) is 6.92 Å². The van der Waals surface area contributed by atoms with E-state index in [4.69, 9.17) is 4.52 Å². The topological polar surface area (TPSA) is 68.9 Å². The third-order valence-electron chi connectivity index (χ3n) is 1.81. The number of ketones is 1. The molecule has 0 saturated heterocycles. The number of thiazole rings is 1. The summed E-state index contributed by atoms with van der Waals surface area (Å²) in [5.41, 5.74) is 1.71. The van der Waals surface area contributed by atoms with Gasteiger partial charge in [-0.1, -0.05) is 5.16 Å². The van der Waals surface area contributed by atoms with Crippen LogP contribution in [0.15, 0.2) is 16.2 Å². The summed E-state index contributed by atoms with van der Waals surface area (Å²) in [5, 5.41) is 3.81. The predicted octanol–water partition coefficient (Wildman–Crippen LogP) is 1.71. The molecule has 0 aromatic carbocycles. The zero-order valence-corrected chi connectivity index (χ0v) is 8.95. The summed E-state index contributed by atoms with van der Waals surface area (Å²) < 4.78 is 5.00. The number of aryl methyl sites for hydroxylation is 1. The van der Waals surface area contributed by atoms with Crippen molar-refractivity contribution in [1.82, 2.24) is 15.1 Å². The van der Waals surface area contributed by atoms with E-state index in [9.17, 15) is 4.79 Å². The Morgan fingerprint density at radius 3 is 3.13 bits per heavy atom. The second-order valence-corrected chi connectivity index (χ2v) is 3.97. The molecule has 5 nitrogen and oxygen atoms in total. The normalized spacial score (nSPS) is 10.5. The molecule has 0 unspecified atom stereocenters. The molecule has 0 atom stereocenters. The van der Waals surface area contributed by atoms with Gasteiger partial charge in [0.2, 0.25) is 11.7 Å². The van der Waals surface area contributed by atoms with Crippen LogP contribution in [-0.2, 0) is 11.2 Å². The number of hydrogen-bond acceptors (Lipinski definition) is 6. The predicted molar refractivity (Wildman–Crippen MR) is 54.4 cm³/mol. The Hall–Kier alpha value is -1.56. The first-order valence-electron chi connectivity index (χ1n) is 4.46. The molecule has 0 spiro atoms. The quantitative estimate of drug-likeness (QED) is 0.789. The fourth-order valence-electron chi connectivity index (χ4n) is 1.07. The van der Waals surface area contributed by atoms with Crippen LogP contribution in [-0.4, -0.2) is 20.9 Å². The van der Waals surface area contributed by atoms with Gasteiger partial charge in [0.1, 0.15) is 5.78 Å². The summed E-state index contributed by atoms with van der Waals surface area (Å²) in [7, 11) is 0. The van der Waals surface area contributed by atoms with E-state index in [1.807, 2.05) is 0 Å². The van der Waals surface area contributed by atoms with Crippen molar-refractivity contribution in [1.29, 1.82) is 0 Å². The minimum Gasteiger partial charge on any atom is -0.339 e. The lowest BCUT2D eigenvalue weighted by molar-refractivity contribution is -0.117. The van der Waals surface area contributed by atoms with E-state index in [1.165, 1.54) is 11.3 Å². The van der Waals surface area contributed by atoms with Gasteiger partial charge in [-0.25, -0.2) is 0 Å². The van der Waals surface area contributed by atoms with Gasteiger partial charge in [0.15, 0.2) is 0 Å². The number of nitrogens with zero attached hydrogens (tertiary/aromatic N) is 3. The SMILES string of the molecule is CC(=O)CCc1nc(-c2cncs2)no1.